The molecule has 0 aliphatic heterocycles. The van der Waals surface area contributed by atoms with E-state index < -0.39 is 0 Å². The van der Waals surface area contributed by atoms with E-state index in [2.05, 4.69) is 22.4 Å². The van der Waals surface area contributed by atoms with Gasteiger partial charge in [-0.3, -0.25) is 4.79 Å². The third kappa shape index (κ3) is 4.29. The number of carbonyl (C=O) groups is 1. The second-order valence-corrected chi connectivity index (χ2v) is 4.39. The number of rotatable bonds is 6. The minimum absolute atomic E-state index is 0.151. The lowest BCUT2D eigenvalue weighted by Crippen LogP contribution is -2.24. The van der Waals surface area contributed by atoms with Crippen LogP contribution in [0.5, 0.6) is 0 Å². The van der Waals surface area contributed by atoms with E-state index in [1.165, 1.54) is 4.90 Å². The van der Waals surface area contributed by atoms with Gasteiger partial charge in [-0.2, -0.15) is 0 Å². The maximum atomic E-state index is 11.6. The molecule has 0 aliphatic rings. The predicted octanol–water partition coefficient (Wildman–Crippen LogP) is 0.718. The fraction of sp³-hybridized carbons (Fsp3) is 0.583. The van der Waals surface area contributed by atoms with Crippen LogP contribution in [-0.2, 0) is 0 Å². The summed E-state index contributed by atoms with van der Waals surface area (Å²) in [6.07, 6.45) is 1.85. The molecule has 0 bridgehead atoms. The molecule has 1 atom stereocenters. The van der Waals surface area contributed by atoms with E-state index >= 15 is 0 Å². The van der Waals surface area contributed by atoms with Crippen LogP contribution in [0.2, 0.25) is 0 Å². The number of nitrogens with zero attached hydrogens (tertiary/aromatic N) is 3. The molecule has 1 aromatic rings. The van der Waals surface area contributed by atoms with Gasteiger partial charge in [-0.25, -0.2) is 0 Å². The Morgan fingerprint density at radius 1 is 1.44 bits per heavy atom. The second kappa shape index (κ2) is 6.90. The highest BCUT2D eigenvalue weighted by Crippen LogP contribution is 2.04. The van der Waals surface area contributed by atoms with Crippen LogP contribution in [-0.4, -0.2) is 47.7 Å². The molecule has 6 nitrogen and oxygen atoms in total. The molecule has 0 saturated heterocycles. The first-order chi connectivity index (χ1) is 8.54. The maximum absolute atomic E-state index is 11.6. The Balaban J connectivity index is 2.48. The van der Waals surface area contributed by atoms with Gasteiger partial charge in [-0.05, 0) is 25.0 Å². The van der Waals surface area contributed by atoms with E-state index in [9.17, 15) is 4.79 Å². The quantitative estimate of drug-likeness (QED) is 0.778. The molecule has 1 unspecified atom stereocenters. The van der Waals surface area contributed by atoms with Gasteiger partial charge in [0.25, 0.3) is 5.91 Å². The number of amides is 1. The highest BCUT2D eigenvalue weighted by atomic mass is 16.2. The van der Waals surface area contributed by atoms with E-state index in [0.717, 1.165) is 19.4 Å². The Hall–Kier alpha value is -1.69. The van der Waals surface area contributed by atoms with Gasteiger partial charge in [0.2, 0.25) is 0 Å². The number of nitrogens with two attached hydrogens (primary N) is 1. The van der Waals surface area contributed by atoms with Crippen LogP contribution in [0, 0.1) is 0 Å². The first-order valence-corrected chi connectivity index (χ1v) is 6.09. The summed E-state index contributed by atoms with van der Waals surface area (Å²) in [6.45, 7) is 2.82. The summed E-state index contributed by atoms with van der Waals surface area (Å²) in [5, 5.41) is 11.0. The Bertz CT molecular complexity index is 377. The molecular formula is C12H21N5O. The number of aromatic nitrogens is 2. The van der Waals surface area contributed by atoms with Gasteiger partial charge in [0.15, 0.2) is 5.69 Å². The Morgan fingerprint density at radius 2 is 2.17 bits per heavy atom. The van der Waals surface area contributed by atoms with Crippen molar-refractivity contribution in [2.24, 2.45) is 5.73 Å². The Morgan fingerprint density at radius 3 is 2.67 bits per heavy atom. The Kier molecular flexibility index (Phi) is 5.51. The third-order valence-corrected chi connectivity index (χ3v) is 2.64. The molecule has 1 amide bonds. The van der Waals surface area contributed by atoms with E-state index in [1.54, 1.807) is 26.2 Å². The molecule has 18 heavy (non-hydrogen) atoms. The van der Waals surface area contributed by atoms with Gasteiger partial charge in [0.05, 0.1) is 0 Å². The highest BCUT2D eigenvalue weighted by molar-refractivity contribution is 5.91. The lowest BCUT2D eigenvalue weighted by Gasteiger charge is -2.11. The molecule has 0 aliphatic carbocycles. The van der Waals surface area contributed by atoms with Gasteiger partial charge in [0.1, 0.15) is 5.82 Å². The first-order valence-electron chi connectivity index (χ1n) is 6.09. The molecule has 1 aromatic heterocycles. The van der Waals surface area contributed by atoms with Gasteiger partial charge in [-0.15, -0.1) is 10.2 Å². The zero-order valence-electron chi connectivity index (χ0n) is 11.2. The van der Waals surface area contributed by atoms with Crippen molar-refractivity contribution in [3.8, 4) is 0 Å². The molecule has 1 heterocycles. The van der Waals surface area contributed by atoms with Crippen LogP contribution in [0.1, 0.15) is 30.3 Å². The lowest BCUT2D eigenvalue weighted by molar-refractivity contribution is 0.0821. The van der Waals surface area contributed by atoms with Crippen molar-refractivity contribution in [3.63, 3.8) is 0 Å². The standard InChI is InChI=1S/C12H21N5O/c1-4-9(13)7-8-14-11-6-5-10(15-16-11)12(18)17(2)3/h5-6,9H,4,7-8,13H2,1-3H3,(H,14,16). The van der Waals surface area contributed by atoms with E-state index in [-0.39, 0.29) is 11.9 Å². The topological polar surface area (TPSA) is 84.1 Å². The zero-order chi connectivity index (χ0) is 13.5. The summed E-state index contributed by atoms with van der Waals surface area (Å²) in [5.41, 5.74) is 6.15. The second-order valence-electron chi connectivity index (χ2n) is 4.39. The van der Waals surface area contributed by atoms with Crippen LogP contribution >= 0.6 is 0 Å². The van der Waals surface area contributed by atoms with Gasteiger partial charge in [0, 0.05) is 26.7 Å². The van der Waals surface area contributed by atoms with Crippen LogP contribution in [0.4, 0.5) is 5.82 Å². The lowest BCUT2D eigenvalue weighted by atomic mass is 10.2. The van der Waals surface area contributed by atoms with Crippen LogP contribution in [0.25, 0.3) is 0 Å². The van der Waals surface area contributed by atoms with Gasteiger partial charge < -0.3 is 16.0 Å². The number of anilines is 1. The molecule has 0 spiro atoms. The molecule has 0 saturated carbocycles. The molecule has 0 radical (unpaired) electrons. The normalized spacial score (nSPS) is 12.0. The van der Waals surface area contributed by atoms with Crippen molar-refractivity contribution in [2.75, 3.05) is 26.0 Å². The molecule has 6 heteroatoms. The van der Waals surface area contributed by atoms with E-state index in [0.29, 0.717) is 11.5 Å². The van der Waals surface area contributed by atoms with Crippen molar-refractivity contribution in [3.05, 3.63) is 17.8 Å². The minimum Gasteiger partial charge on any atom is -0.369 e. The fourth-order valence-corrected chi connectivity index (χ4v) is 1.36. The molecule has 3 N–H and O–H groups in total. The summed E-state index contributed by atoms with van der Waals surface area (Å²) in [6, 6.07) is 3.62. The number of carbonyl (C=O) groups excluding carboxylic acids is 1. The monoisotopic (exact) mass is 251 g/mol. The zero-order valence-corrected chi connectivity index (χ0v) is 11.2. The number of hydrogen-bond donors (Lipinski definition) is 2. The molecular weight excluding hydrogens is 230 g/mol. The maximum Gasteiger partial charge on any atom is 0.273 e. The van der Waals surface area contributed by atoms with Crippen molar-refractivity contribution in [1.82, 2.24) is 15.1 Å². The number of hydrogen-bond acceptors (Lipinski definition) is 5. The third-order valence-electron chi connectivity index (χ3n) is 2.64. The summed E-state index contributed by atoms with van der Waals surface area (Å²) in [5.74, 6) is 0.510. The molecule has 100 valence electrons. The Labute approximate surface area is 108 Å². The van der Waals surface area contributed by atoms with Crippen LogP contribution in [0.15, 0.2) is 12.1 Å². The molecule has 1 rings (SSSR count). The first kappa shape index (κ1) is 14.4. The summed E-state index contributed by atoms with van der Waals surface area (Å²) >= 11 is 0. The number of nitrogens with one attached hydrogen (secondary N) is 1. The van der Waals surface area contributed by atoms with Crippen molar-refractivity contribution in [1.29, 1.82) is 0 Å². The SMILES string of the molecule is CCC(N)CCNc1ccc(C(=O)N(C)C)nn1. The van der Waals surface area contributed by atoms with E-state index in [4.69, 9.17) is 5.73 Å². The minimum atomic E-state index is -0.151. The fourth-order valence-electron chi connectivity index (χ4n) is 1.36. The van der Waals surface area contributed by atoms with Crippen LogP contribution < -0.4 is 11.1 Å². The average molecular weight is 251 g/mol. The van der Waals surface area contributed by atoms with E-state index in [1.807, 2.05) is 0 Å². The predicted molar refractivity (Wildman–Crippen MR) is 71.4 cm³/mol. The summed E-state index contributed by atoms with van der Waals surface area (Å²) in [4.78, 5) is 13.1. The van der Waals surface area contributed by atoms with Crippen LogP contribution in [0.3, 0.4) is 0 Å². The highest BCUT2D eigenvalue weighted by Gasteiger charge is 2.09. The summed E-state index contributed by atoms with van der Waals surface area (Å²) in [7, 11) is 3.37. The van der Waals surface area contributed by atoms with Gasteiger partial charge >= 0.3 is 0 Å². The summed E-state index contributed by atoms with van der Waals surface area (Å²) < 4.78 is 0. The largest absolute Gasteiger partial charge is 0.369 e. The van der Waals surface area contributed by atoms with Crippen molar-refractivity contribution < 1.29 is 4.79 Å². The molecule has 0 fully saturated rings. The molecule has 0 aromatic carbocycles. The van der Waals surface area contributed by atoms with Crippen molar-refractivity contribution >= 4 is 11.7 Å². The smallest absolute Gasteiger partial charge is 0.273 e. The van der Waals surface area contributed by atoms with Crippen molar-refractivity contribution in [2.45, 2.75) is 25.8 Å². The van der Waals surface area contributed by atoms with Gasteiger partial charge in [-0.1, -0.05) is 6.92 Å². The average Bonchev–Trinajstić information content (AvgIpc) is 2.38.